The molecular weight excluding hydrogens is 240 g/mol. The number of fused-ring (bicyclic) bond motifs is 1. The van der Waals surface area contributed by atoms with Gasteiger partial charge in [0.25, 0.3) is 0 Å². The van der Waals surface area contributed by atoms with Crippen LogP contribution in [0.25, 0.3) is 0 Å². The molecule has 1 aliphatic rings. The Bertz CT molecular complexity index is 431. The molecule has 0 fully saturated rings. The van der Waals surface area contributed by atoms with Crippen LogP contribution in [0.1, 0.15) is 38.4 Å². The number of hydrogen-bond acceptors (Lipinski definition) is 2. The Morgan fingerprint density at radius 2 is 2.06 bits per heavy atom. The molecule has 0 amide bonds. The molecule has 0 radical (unpaired) electrons. The molecule has 1 aliphatic carbocycles. The predicted octanol–water partition coefficient (Wildman–Crippen LogP) is 3.30. The van der Waals surface area contributed by atoms with Crippen molar-refractivity contribution in [3.8, 4) is 0 Å². The van der Waals surface area contributed by atoms with E-state index in [0.29, 0.717) is 6.10 Å². The molecule has 0 spiro atoms. The molecule has 4 heteroatoms. The number of nitrogens with zero attached hydrogens (tertiary/aromatic N) is 2. The lowest BCUT2D eigenvalue weighted by atomic mass is 9.96. The maximum atomic E-state index is 6.50. The minimum atomic E-state index is -1.64. The molecule has 0 saturated carbocycles. The normalized spacial score (nSPS) is 20.9. The molecule has 0 bridgehead atoms. The van der Waals surface area contributed by atoms with Crippen LogP contribution in [0.5, 0.6) is 0 Å². The van der Waals surface area contributed by atoms with Gasteiger partial charge in [-0.1, -0.05) is 20.8 Å². The molecule has 1 aromatic rings. The van der Waals surface area contributed by atoms with E-state index in [2.05, 4.69) is 45.2 Å². The van der Waals surface area contributed by atoms with Crippen LogP contribution in [0.15, 0.2) is 6.20 Å². The maximum absolute atomic E-state index is 6.50. The van der Waals surface area contributed by atoms with Gasteiger partial charge in [-0.2, -0.15) is 5.10 Å². The summed E-state index contributed by atoms with van der Waals surface area (Å²) in [6, 6.07) is 0. The van der Waals surface area contributed by atoms with Gasteiger partial charge in [-0.25, -0.2) is 0 Å². The Morgan fingerprint density at radius 1 is 1.39 bits per heavy atom. The third-order valence-corrected chi connectivity index (χ3v) is 8.95. The highest BCUT2D eigenvalue weighted by molar-refractivity contribution is 6.74. The van der Waals surface area contributed by atoms with E-state index >= 15 is 0 Å². The van der Waals surface area contributed by atoms with Crippen LogP contribution in [-0.4, -0.2) is 24.2 Å². The zero-order chi connectivity index (χ0) is 13.6. The highest BCUT2D eigenvalue weighted by atomic mass is 28.4. The molecule has 102 valence electrons. The van der Waals surface area contributed by atoms with Gasteiger partial charge in [-0.3, -0.25) is 4.68 Å². The Balaban J connectivity index is 2.06. The van der Waals surface area contributed by atoms with Crippen LogP contribution >= 0.6 is 0 Å². The van der Waals surface area contributed by atoms with E-state index in [9.17, 15) is 0 Å². The molecule has 1 atom stereocenters. The quantitative estimate of drug-likeness (QED) is 0.768. The van der Waals surface area contributed by atoms with Crippen molar-refractivity contribution in [3.05, 3.63) is 17.5 Å². The fraction of sp³-hybridized carbons (Fsp3) is 0.786. The second kappa shape index (κ2) is 4.49. The zero-order valence-corrected chi connectivity index (χ0v) is 13.6. The van der Waals surface area contributed by atoms with Gasteiger partial charge >= 0.3 is 0 Å². The van der Waals surface area contributed by atoms with Gasteiger partial charge in [0.15, 0.2) is 8.32 Å². The number of rotatable bonds is 2. The van der Waals surface area contributed by atoms with Gasteiger partial charge < -0.3 is 4.43 Å². The maximum Gasteiger partial charge on any atom is 0.192 e. The summed E-state index contributed by atoms with van der Waals surface area (Å²) in [4.78, 5) is 0. The van der Waals surface area contributed by atoms with Crippen molar-refractivity contribution in [2.45, 2.75) is 64.3 Å². The molecule has 3 nitrogen and oxygen atoms in total. The summed E-state index contributed by atoms with van der Waals surface area (Å²) in [7, 11) is 0.361. The van der Waals surface area contributed by atoms with Crippen molar-refractivity contribution >= 4 is 8.32 Å². The SMILES string of the molecule is Cn1cc2c(n1)CC(O[Si](C)(C)C(C)(C)C)CC2. The number of hydrogen-bond donors (Lipinski definition) is 0. The second-order valence-corrected chi connectivity index (χ2v) is 11.8. The number of aromatic nitrogens is 2. The van der Waals surface area contributed by atoms with Gasteiger partial charge in [0.2, 0.25) is 0 Å². The lowest BCUT2D eigenvalue weighted by molar-refractivity contribution is 0.164. The highest BCUT2D eigenvalue weighted by Gasteiger charge is 2.39. The Hall–Kier alpha value is -0.613. The van der Waals surface area contributed by atoms with Crippen molar-refractivity contribution in [2.24, 2.45) is 7.05 Å². The average molecular weight is 266 g/mol. The van der Waals surface area contributed by atoms with Crippen molar-refractivity contribution in [2.75, 3.05) is 0 Å². The van der Waals surface area contributed by atoms with E-state index in [4.69, 9.17) is 4.43 Å². The molecule has 1 unspecified atom stereocenters. The van der Waals surface area contributed by atoms with E-state index in [0.717, 1.165) is 19.3 Å². The first-order chi connectivity index (χ1) is 8.19. The van der Waals surface area contributed by atoms with Gasteiger partial charge in [0, 0.05) is 19.7 Å². The molecule has 0 aliphatic heterocycles. The first kappa shape index (κ1) is 13.8. The third kappa shape index (κ3) is 2.69. The van der Waals surface area contributed by atoms with E-state index < -0.39 is 8.32 Å². The Kier molecular flexibility index (Phi) is 3.45. The molecule has 2 rings (SSSR count). The van der Waals surface area contributed by atoms with Crippen LogP contribution in [-0.2, 0) is 24.3 Å². The Labute approximate surface area is 112 Å². The lowest BCUT2D eigenvalue weighted by Crippen LogP contribution is -2.45. The second-order valence-electron chi connectivity index (χ2n) is 7.02. The van der Waals surface area contributed by atoms with Crippen LogP contribution < -0.4 is 0 Å². The van der Waals surface area contributed by atoms with Crippen molar-refractivity contribution in [3.63, 3.8) is 0 Å². The Morgan fingerprint density at radius 3 is 2.67 bits per heavy atom. The van der Waals surface area contributed by atoms with Crippen molar-refractivity contribution in [1.29, 1.82) is 0 Å². The van der Waals surface area contributed by atoms with E-state index in [1.54, 1.807) is 0 Å². The average Bonchev–Trinajstić information content (AvgIpc) is 2.54. The van der Waals surface area contributed by atoms with E-state index in [1.807, 2.05) is 11.7 Å². The highest BCUT2D eigenvalue weighted by Crippen LogP contribution is 2.38. The first-order valence-electron chi connectivity index (χ1n) is 6.88. The van der Waals surface area contributed by atoms with Crippen LogP contribution in [0.4, 0.5) is 0 Å². The minimum Gasteiger partial charge on any atom is -0.414 e. The first-order valence-corrected chi connectivity index (χ1v) is 9.79. The molecule has 1 heterocycles. The van der Waals surface area contributed by atoms with Gasteiger partial charge in [-0.15, -0.1) is 0 Å². The lowest BCUT2D eigenvalue weighted by Gasteiger charge is -2.40. The zero-order valence-electron chi connectivity index (χ0n) is 12.6. The van der Waals surface area contributed by atoms with Gasteiger partial charge in [0.1, 0.15) is 0 Å². The van der Waals surface area contributed by atoms with E-state index in [-0.39, 0.29) is 5.04 Å². The van der Waals surface area contributed by atoms with Crippen molar-refractivity contribution in [1.82, 2.24) is 9.78 Å². The summed E-state index contributed by atoms with van der Waals surface area (Å²) in [6.45, 7) is 11.6. The topological polar surface area (TPSA) is 27.1 Å². The molecule has 1 aromatic heterocycles. The van der Waals surface area contributed by atoms with Crippen LogP contribution in [0.2, 0.25) is 18.1 Å². The summed E-state index contributed by atoms with van der Waals surface area (Å²) in [5.74, 6) is 0. The van der Waals surface area contributed by atoms with Crippen LogP contribution in [0.3, 0.4) is 0 Å². The minimum absolute atomic E-state index is 0.289. The molecule has 18 heavy (non-hydrogen) atoms. The van der Waals surface area contributed by atoms with Gasteiger partial charge in [-0.05, 0) is 36.5 Å². The summed E-state index contributed by atoms with van der Waals surface area (Å²) in [6.07, 6.45) is 5.77. The van der Waals surface area contributed by atoms with Crippen molar-refractivity contribution < 1.29 is 4.43 Å². The molecular formula is C14H26N2OSi. The largest absolute Gasteiger partial charge is 0.414 e. The molecule has 0 N–H and O–H groups in total. The predicted molar refractivity (Wildman–Crippen MR) is 77.3 cm³/mol. The standard InChI is InChI=1S/C14H26N2OSi/c1-14(2,3)18(5,6)17-12-8-7-11-10-16(4)15-13(11)9-12/h10,12H,7-9H2,1-6H3. The van der Waals surface area contributed by atoms with E-state index in [1.165, 1.54) is 11.3 Å². The fourth-order valence-electron chi connectivity index (χ4n) is 2.29. The summed E-state index contributed by atoms with van der Waals surface area (Å²) >= 11 is 0. The smallest absolute Gasteiger partial charge is 0.192 e. The molecule has 0 saturated heterocycles. The van der Waals surface area contributed by atoms with Crippen LogP contribution in [0, 0.1) is 0 Å². The summed E-state index contributed by atoms with van der Waals surface area (Å²) in [5, 5.41) is 4.83. The molecule has 0 aromatic carbocycles. The summed E-state index contributed by atoms with van der Waals surface area (Å²) < 4.78 is 8.43. The van der Waals surface area contributed by atoms with Gasteiger partial charge in [0.05, 0.1) is 11.8 Å². The number of aryl methyl sites for hydroxylation is 2. The summed E-state index contributed by atoms with van der Waals surface area (Å²) in [5.41, 5.74) is 2.65. The monoisotopic (exact) mass is 266 g/mol. The fourth-order valence-corrected chi connectivity index (χ4v) is 3.68. The third-order valence-electron chi connectivity index (χ3n) is 4.42.